The molecule has 1 heteroatoms. The lowest BCUT2D eigenvalue weighted by molar-refractivity contribution is 0.119. The van der Waals surface area contributed by atoms with Gasteiger partial charge in [-0.25, -0.2) is 0 Å². The Morgan fingerprint density at radius 3 is 2.24 bits per heavy atom. The Hall–Kier alpha value is -0.820. The fourth-order valence-electron chi connectivity index (χ4n) is 2.84. The standard InChI is InChI=1S/C16H24O/c1-12-10-13(15(2,3)4)6-7-14(12)16(11-17)8-5-9-16/h6-7,10,17H,5,8-9,11H2,1-4H3. The second-order valence-corrected chi connectivity index (χ2v) is 6.57. The normalized spacial score (nSPS) is 18.9. The third-order valence-corrected chi connectivity index (χ3v) is 4.28. The van der Waals surface area contributed by atoms with Gasteiger partial charge in [-0.1, -0.05) is 45.4 Å². The number of aryl methyl sites for hydroxylation is 1. The fraction of sp³-hybridized carbons (Fsp3) is 0.625. The molecule has 0 saturated heterocycles. The summed E-state index contributed by atoms with van der Waals surface area (Å²) in [4.78, 5) is 0. The summed E-state index contributed by atoms with van der Waals surface area (Å²) in [7, 11) is 0. The first kappa shape index (κ1) is 12.6. The summed E-state index contributed by atoms with van der Waals surface area (Å²) in [5.41, 5.74) is 4.35. The zero-order valence-corrected chi connectivity index (χ0v) is 11.5. The highest BCUT2D eigenvalue weighted by molar-refractivity contribution is 5.40. The van der Waals surface area contributed by atoms with Gasteiger partial charge in [0.2, 0.25) is 0 Å². The maximum absolute atomic E-state index is 9.64. The summed E-state index contributed by atoms with van der Waals surface area (Å²) in [6.45, 7) is 9.20. The maximum atomic E-state index is 9.64. The predicted octanol–water partition coefficient (Wildman–Crippen LogP) is 3.71. The number of hydrogen-bond donors (Lipinski definition) is 1. The minimum absolute atomic E-state index is 0.0699. The zero-order chi connectivity index (χ0) is 12.7. The largest absolute Gasteiger partial charge is 0.395 e. The molecule has 0 aromatic heterocycles. The molecule has 1 nitrogen and oxygen atoms in total. The van der Waals surface area contributed by atoms with Crippen LogP contribution in [0.2, 0.25) is 0 Å². The van der Waals surface area contributed by atoms with E-state index >= 15 is 0 Å². The average molecular weight is 232 g/mol. The van der Waals surface area contributed by atoms with E-state index in [0.29, 0.717) is 6.61 Å². The van der Waals surface area contributed by atoms with Crippen molar-refractivity contribution in [3.8, 4) is 0 Å². The van der Waals surface area contributed by atoms with E-state index in [-0.39, 0.29) is 10.8 Å². The Labute approximate surface area is 105 Å². The van der Waals surface area contributed by atoms with Crippen LogP contribution >= 0.6 is 0 Å². The molecule has 0 heterocycles. The van der Waals surface area contributed by atoms with Crippen LogP contribution in [0, 0.1) is 6.92 Å². The van der Waals surface area contributed by atoms with Gasteiger partial charge in [0.1, 0.15) is 0 Å². The average Bonchev–Trinajstić information content (AvgIpc) is 2.17. The minimum Gasteiger partial charge on any atom is -0.395 e. The molecular formula is C16H24O. The van der Waals surface area contributed by atoms with Crippen LogP contribution in [0.4, 0.5) is 0 Å². The summed E-state index contributed by atoms with van der Waals surface area (Å²) in [5.74, 6) is 0. The van der Waals surface area contributed by atoms with Crippen LogP contribution in [0.1, 0.15) is 56.7 Å². The van der Waals surface area contributed by atoms with Crippen LogP contribution in [-0.4, -0.2) is 11.7 Å². The number of benzene rings is 1. The van der Waals surface area contributed by atoms with Crippen molar-refractivity contribution >= 4 is 0 Å². The Balaban J connectivity index is 2.38. The van der Waals surface area contributed by atoms with Gasteiger partial charge >= 0.3 is 0 Å². The number of aliphatic hydroxyl groups excluding tert-OH is 1. The van der Waals surface area contributed by atoms with E-state index in [2.05, 4.69) is 45.9 Å². The van der Waals surface area contributed by atoms with Crippen LogP contribution < -0.4 is 0 Å². The quantitative estimate of drug-likeness (QED) is 0.824. The van der Waals surface area contributed by atoms with Gasteiger partial charge in [-0.15, -0.1) is 0 Å². The van der Waals surface area contributed by atoms with E-state index in [1.54, 1.807) is 0 Å². The molecule has 17 heavy (non-hydrogen) atoms. The Morgan fingerprint density at radius 2 is 1.88 bits per heavy atom. The third-order valence-electron chi connectivity index (χ3n) is 4.28. The fourth-order valence-corrected chi connectivity index (χ4v) is 2.84. The molecule has 1 aromatic carbocycles. The van der Waals surface area contributed by atoms with Gasteiger partial charge in [-0.3, -0.25) is 0 Å². The van der Waals surface area contributed by atoms with Crippen LogP contribution in [0.25, 0.3) is 0 Å². The van der Waals surface area contributed by atoms with Gasteiger partial charge in [0, 0.05) is 5.41 Å². The van der Waals surface area contributed by atoms with E-state index in [1.807, 2.05) is 0 Å². The van der Waals surface area contributed by atoms with Crippen molar-refractivity contribution in [1.82, 2.24) is 0 Å². The van der Waals surface area contributed by atoms with E-state index in [4.69, 9.17) is 0 Å². The molecule has 0 atom stereocenters. The molecule has 0 aliphatic heterocycles. The van der Waals surface area contributed by atoms with Gasteiger partial charge in [0.25, 0.3) is 0 Å². The molecule has 1 aliphatic carbocycles. The summed E-state index contributed by atoms with van der Waals surface area (Å²) in [6, 6.07) is 6.77. The lowest BCUT2D eigenvalue weighted by atomic mass is 9.63. The topological polar surface area (TPSA) is 20.2 Å². The summed E-state index contributed by atoms with van der Waals surface area (Å²) in [6.07, 6.45) is 3.53. The summed E-state index contributed by atoms with van der Waals surface area (Å²) >= 11 is 0. The SMILES string of the molecule is Cc1cc(C(C)(C)C)ccc1C1(CO)CCC1. The molecular weight excluding hydrogens is 208 g/mol. The van der Waals surface area contributed by atoms with Crippen LogP contribution in [0.15, 0.2) is 18.2 Å². The van der Waals surface area contributed by atoms with Crippen molar-refractivity contribution in [2.24, 2.45) is 0 Å². The van der Waals surface area contributed by atoms with E-state index < -0.39 is 0 Å². The lowest BCUT2D eigenvalue weighted by Gasteiger charge is -2.42. The van der Waals surface area contributed by atoms with Crippen LogP contribution in [-0.2, 0) is 10.8 Å². The van der Waals surface area contributed by atoms with Gasteiger partial charge in [-0.05, 0) is 41.9 Å². The molecule has 94 valence electrons. The molecule has 0 unspecified atom stereocenters. The smallest absolute Gasteiger partial charge is 0.0528 e. The van der Waals surface area contributed by atoms with E-state index in [1.165, 1.54) is 23.1 Å². The first-order valence-electron chi connectivity index (χ1n) is 6.61. The highest BCUT2D eigenvalue weighted by Crippen LogP contribution is 2.45. The molecule has 0 bridgehead atoms. The van der Waals surface area contributed by atoms with E-state index in [9.17, 15) is 5.11 Å². The number of aliphatic hydroxyl groups is 1. The minimum atomic E-state index is 0.0699. The van der Waals surface area contributed by atoms with Crippen molar-refractivity contribution in [2.75, 3.05) is 6.61 Å². The molecule has 0 spiro atoms. The number of hydrogen-bond acceptors (Lipinski definition) is 1. The first-order valence-corrected chi connectivity index (χ1v) is 6.61. The summed E-state index contributed by atoms with van der Waals surface area (Å²) in [5, 5.41) is 9.64. The molecule has 1 saturated carbocycles. The van der Waals surface area contributed by atoms with Crippen molar-refractivity contribution < 1.29 is 5.11 Å². The molecule has 2 rings (SSSR count). The number of rotatable bonds is 2. The predicted molar refractivity (Wildman–Crippen MR) is 72.5 cm³/mol. The maximum Gasteiger partial charge on any atom is 0.0528 e. The monoisotopic (exact) mass is 232 g/mol. The molecule has 1 aromatic rings. The summed E-state index contributed by atoms with van der Waals surface area (Å²) < 4.78 is 0. The second kappa shape index (κ2) is 4.13. The zero-order valence-electron chi connectivity index (χ0n) is 11.5. The van der Waals surface area contributed by atoms with Crippen LogP contribution in [0.3, 0.4) is 0 Å². The van der Waals surface area contributed by atoms with Crippen LogP contribution in [0.5, 0.6) is 0 Å². The highest BCUT2D eigenvalue weighted by Gasteiger charge is 2.39. The van der Waals surface area contributed by atoms with Crippen molar-refractivity contribution in [2.45, 2.75) is 57.8 Å². The highest BCUT2D eigenvalue weighted by atomic mass is 16.3. The van der Waals surface area contributed by atoms with E-state index in [0.717, 1.165) is 12.8 Å². The van der Waals surface area contributed by atoms with Crippen molar-refractivity contribution in [3.05, 3.63) is 34.9 Å². The Bertz CT molecular complexity index is 403. The van der Waals surface area contributed by atoms with Crippen molar-refractivity contribution in [1.29, 1.82) is 0 Å². The lowest BCUT2D eigenvalue weighted by Crippen LogP contribution is -2.38. The van der Waals surface area contributed by atoms with Gasteiger partial charge in [-0.2, -0.15) is 0 Å². The molecule has 0 amide bonds. The molecule has 1 aliphatic rings. The van der Waals surface area contributed by atoms with Crippen molar-refractivity contribution in [3.63, 3.8) is 0 Å². The van der Waals surface area contributed by atoms with Gasteiger partial charge < -0.3 is 5.11 Å². The molecule has 1 fully saturated rings. The van der Waals surface area contributed by atoms with Gasteiger partial charge in [0.05, 0.1) is 6.61 Å². The Morgan fingerprint density at radius 1 is 1.24 bits per heavy atom. The third kappa shape index (κ3) is 2.13. The second-order valence-electron chi connectivity index (χ2n) is 6.57. The Kier molecular flexibility index (Phi) is 3.07. The molecule has 1 N–H and O–H groups in total. The molecule has 0 radical (unpaired) electrons. The first-order chi connectivity index (χ1) is 7.89. The van der Waals surface area contributed by atoms with Gasteiger partial charge in [0.15, 0.2) is 0 Å².